The van der Waals surface area contributed by atoms with E-state index in [1.807, 2.05) is 111 Å². The molecule has 14 nitrogen and oxygen atoms in total. The topological polar surface area (TPSA) is 183 Å². The average molecular weight is 839 g/mol. The van der Waals surface area contributed by atoms with Gasteiger partial charge < -0.3 is 31.5 Å². The molecule has 0 spiro atoms. The smallest absolute Gasteiger partial charge is 0.247 e. The summed E-state index contributed by atoms with van der Waals surface area (Å²) in [5.74, 6) is 2.19. The van der Waals surface area contributed by atoms with Crippen LogP contribution in [0.4, 0.5) is 34.6 Å². The van der Waals surface area contributed by atoms with E-state index in [1.54, 1.807) is 0 Å². The van der Waals surface area contributed by atoms with E-state index in [0.29, 0.717) is 23.7 Å². The predicted molar refractivity (Wildman–Crippen MR) is 241 cm³/mol. The fraction of sp³-hybridized carbons (Fsp3) is 0.458. The lowest BCUT2D eigenvalue weighted by atomic mass is 9.78. The van der Waals surface area contributed by atoms with Crippen molar-refractivity contribution >= 4 is 57.8 Å². The SMILES string of the molecule is CC1(O)CCC(Cc2cccc3nc(Nc4ccc5c(c4)NC(=O)C5(C)C)nn23)CC1.CC1(O)CCC(Cc2cccc3nc(Nc4ccc5c(c4)NC(=O)C5(C)C)nn23)CC1. The molecule has 0 bridgehead atoms. The molecule has 2 fully saturated rings. The number of hydrogen-bond acceptors (Lipinski definition) is 10. The van der Waals surface area contributed by atoms with E-state index in [4.69, 9.17) is 10.2 Å². The fourth-order valence-electron chi connectivity index (χ4n) is 9.53. The van der Waals surface area contributed by atoms with Crippen LogP contribution in [0.15, 0.2) is 72.8 Å². The number of hydrogen-bond donors (Lipinski definition) is 6. The van der Waals surface area contributed by atoms with Gasteiger partial charge in [-0.1, -0.05) is 24.3 Å². The molecular weight excluding hydrogens is 781 g/mol. The summed E-state index contributed by atoms with van der Waals surface area (Å²) in [4.78, 5) is 33.7. The number of pyridine rings is 2. The van der Waals surface area contributed by atoms with E-state index in [1.165, 1.54) is 0 Å². The highest BCUT2D eigenvalue weighted by molar-refractivity contribution is 6.07. The first-order valence-electron chi connectivity index (χ1n) is 22.0. The molecule has 6 aromatic rings. The molecule has 2 saturated carbocycles. The zero-order chi connectivity index (χ0) is 43.6. The second-order valence-corrected chi connectivity index (χ2v) is 19.7. The number of benzene rings is 2. The van der Waals surface area contributed by atoms with Gasteiger partial charge in [0.2, 0.25) is 23.7 Å². The molecule has 4 aliphatic rings. The minimum absolute atomic E-state index is 0.0133. The molecule has 324 valence electrons. The molecule has 2 amide bonds. The van der Waals surface area contributed by atoms with Crippen LogP contribution in [0.1, 0.15) is 115 Å². The molecule has 6 heterocycles. The number of nitrogens with one attached hydrogen (secondary N) is 4. The van der Waals surface area contributed by atoms with Gasteiger partial charge in [-0.25, -0.2) is 9.03 Å². The van der Waals surface area contributed by atoms with Crippen LogP contribution in [-0.2, 0) is 33.3 Å². The van der Waals surface area contributed by atoms with E-state index in [2.05, 4.69) is 43.4 Å². The molecule has 10 rings (SSSR count). The van der Waals surface area contributed by atoms with E-state index in [9.17, 15) is 19.8 Å². The Bertz CT molecular complexity index is 2490. The summed E-state index contributed by atoms with van der Waals surface area (Å²) in [7, 11) is 0. The third-order valence-electron chi connectivity index (χ3n) is 13.8. The fourth-order valence-corrected chi connectivity index (χ4v) is 9.53. The summed E-state index contributed by atoms with van der Waals surface area (Å²) in [5, 5.41) is 42.3. The van der Waals surface area contributed by atoms with Crippen LogP contribution in [0.3, 0.4) is 0 Å². The van der Waals surface area contributed by atoms with Gasteiger partial charge in [-0.15, -0.1) is 10.2 Å². The van der Waals surface area contributed by atoms with Gasteiger partial charge in [0, 0.05) is 34.1 Å². The van der Waals surface area contributed by atoms with Gasteiger partial charge in [-0.05, 0) is 177 Å². The first-order valence-corrected chi connectivity index (χ1v) is 22.0. The number of aliphatic hydroxyl groups is 2. The lowest BCUT2D eigenvalue weighted by molar-refractivity contribution is -0.120. The Balaban J connectivity index is 0.000000158. The third kappa shape index (κ3) is 8.25. The summed E-state index contributed by atoms with van der Waals surface area (Å²) in [6.45, 7) is 11.6. The van der Waals surface area contributed by atoms with Crippen molar-refractivity contribution in [3.05, 3.63) is 95.3 Å². The van der Waals surface area contributed by atoms with Gasteiger partial charge in [0.1, 0.15) is 0 Å². The molecular formula is C48H58N10O4. The highest BCUT2D eigenvalue weighted by atomic mass is 16.3. The van der Waals surface area contributed by atoms with E-state index in [0.717, 1.165) is 121 Å². The number of rotatable bonds is 8. The average Bonchev–Trinajstić information content (AvgIpc) is 3.94. The highest BCUT2D eigenvalue weighted by Crippen LogP contribution is 2.41. The van der Waals surface area contributed by atoms with Crippen LogP contribution in [0.25, 0.3) is 11.3 Å². The van der Waals surface area contributed by atoms with Crippen molar-refractivity contribution in [2.75, 3.05) is 21.3 Å². The maximum absolute atomic E-state index is 12.2. The van der Waals surface area contributed by atoms with Gasteiger partial charge in [0.05, 0.1) is 22.0 Å². The number of nitrogens with zero attached hydrogens (tertiary/aromatic N) is 6. The molecule has 0 unspecified atom stereocenters. The van der Waals surface area contributed by atoms with E-state index < -0.39 is 22.0 Å². The van der Waals surface area contributed by atoms with E-state index in [-0.39, 0.29) is 11.8 Å². The Kier molecular flexibility index (Phi) is 10.4. The molecule has 2 aromatic carbocycles. The molecule has 0 radical (unpaired) electrons. The number of anilines is 6. The Morgan fingerprint density at radius 1 is 0.597 bits per heavy atom. The van der Waals surface area contributed by atoms with Crippen LogP contribution in [-0.4, -0.2) is 62.4 Å². The third-order valence-corrected chi connectivity index (χ3v) is 13.8. The van der Waals surface area contributed by atoms with Crippen molar-refractivity contribution in [3.63, 3.8) is 0 Å². The van der Waals surface area contributed by atoms with Crippen LogP contribution >= 0.6 is 0 Å². The van der Waals surface area contributed by atoms with Crippen LogP contribution in [0.5, 0.6) is 0 Å². The monoisotopic (exact) mass is 838 g/mol. The minimum Gasteiger partial charge on any atom is -0.390 e. The molecule has 4 aromatic heterocycles. The van der Waals surface area contributed by atoms with Crippen LogP contribution in [0.2, 0.25) is 0 Å². The van der Waals surface area contributed by atoms with Crippen molar-refractivity contribution < 1.29 is 19.8 Å². The Morgan fingerprint density at radius 3 is 1.37 bits per heavy atom. The molecule has 0 atom stereocenters. The van der Waals surface area contributed by atoms with Crippen molar-refractivity contribution in [3.8, 4) is 0 Å². The predicted octanol–water partition coefficient (Wildman–Crippen LogP) is 8.37. The standard InChI is InChI=1S/2C24H29N5O2/c2*1-23(2)18-8-7-16(14-19(18)26-21(23)30)25-22-27-20-6-4-5-17(29(20)28-22)13-15-9-11-24(3,31)12-10-15/h2*4-8,14-15,31H,9-13H2,1-3H3,(H,25,28)(H,26,30). The zero-order valence-corrected chi connectivity index (χ0v) is 36.5. The van der Waals surface area contributed by atoms with Gasteiger partial charge in [-0.3, -0.25) is 9.59 Å². The van der Waals surface area contributed by atoms with Gasteiger partial charge >= 0.3 is 0 Å². The minimum atomic E-state index is -0.517. The molecule has 62 heavy (non-hydrogen) atoms. The Hall–Kier alpha value is -5.86. The number of aromatic nitrogens is 6. The summed E-state index contributed by atoms with van der Waals surface area (Å²) >= 11 is 0. The van der Waals surface area contributed by atoms with Gasteiger partial charge in [0.25, 0.3) is 0 Å². The van der Waals surface area contributed by atoms with Crippen molar-refractivity contribution in [1.29, 1.82) is 0 Å². The van der Waals surface area contributed by atoms with Crippen molar-refractivity contribution in [2.45, 2.75) is 128 Å². The van der Waals surface area contributed by atoms with Crippen molar-refractivity contribution in [1.82, 2.24) is 29.2 Å². The normalized spacial score (nSPS) is 24.8. The molecule has 2 aliphatic carbocycles. The van der Waals surface area contributed by atoms with Gasteiger partial charge in [0.15, 0.2) is 11.3 Å². The Morgan fingerprint density at radius 2 is 0.984 bits per heavy atom. The van der Waals surface area contributed by atoms with Gasteiger partial charge in [-0.2, -0.15) is 9.97 Å². The lowest BCUT2D eigenvalue weighted by Crippen LogP contribution is -2.31. The van der Waals surface area contributed by atoms with Crippen LogP contribution < -0.4 is 21.3 Å². The number of carbonyl (C=O) groups excluding carboxylic acids is 2. The zero-order valence-electron chi connectivity index (χ0n) is 36.5. The highest BCUT2D eigenvalue weighted by Gasteiger charge is 2.39. The van der Waals surface area contributed by atoms with Crippen molar-refractivity contribution in [2.24, 2.45) is 11.8 Å². The Labute approximate surface area is 362 Å². The summed E-state index contributed by atoms with van der Waals surface area (Å²) in [6.07, 6.45) is 9.37. The lowest BCUT2D eigenvalue weighted by Gasteiger charge is -2.33. The quantitative estimate of drug-likeness (QED) is 0.0871. The van der Waals surface area contributed by atoms with Crippen LogP contribution in [0, 0.1) is 11.8 Å². The summed E-state index contributed by atoms with van der Waals surface area (Å²) in [6, 6.07) is 23.9. The summed E-state index contributed by atoms with van der Waals surface area (Å²) in [5.41, 5.74) is 7.14. The summed E-state index contributed by atoms with van der Waals surface area (Å²) < 4.78 is 3.82. The molecule has 6 N–H and O–H groups in total. The maximum atomic E-state index is 12.2. The molecule has 14 heteroatoms. The number of fused-ring (bicyclic) bond motifs is 4. The maximum Gasteiger partial charge on any atom is 0.247 e. The van der Waals surface area contributed by atoms with E-state index >= 15 is 0 Å². The largest absolute Gasteiger partial charge is 0.390 e. The molecule has 2 aliphatic heterocycles. The number of amides is 2. The first-order chi connectivity index (χ1) is 29.4. The first kappa shape index (κ1) is 41.5. The number of carbonyl (C=O) groups is 2. The molecule has 0 saturated heterocycles. The second kappa shape index (κ2) is 15.5. The second-order valence-electron chi connectivity index (χ2n) is 19.7.